The Morgan fingerprint density at radius 2 is 1.96 bits per heavy atom. The number of aromatic nitrogens is 1. The first-order valence-electron chi connectivity index (χ1n) is 9.36. The smallest absolute Gasteiger partial charge is 0.257 e. The molecule has 1 aliphatic heterocycles. The standard InChI is InChI=1S/C22H23N3O2S/c1-27-15-17-9-5-6-10-18(17)21(26)24-22-23-19-11-12-25(14-20(19)28-22)13-16-7-3-2-4-8-16/h2-10H,11-15H2,1H3,(H,23,24,26). The molecule has 0 spiro atoms. The first kappa shape index (κ1) is 18.8. The molecule has 2 aromatic carbocycles. The van der Waals surface area contributed by atoms with Gasteiger partial charge in [-0.1, -0.05) is 48.5 Å². The Kier molecular flexibility index (Phi) is 5.81. The van der Waals surface area contributed by atoms with Gasteiger partial charge in [0, 0.05) is 43.6 Å². The lowest BCUT2D eigenvalue weighted by molar-refractivity contribution is 0.102. The Morgan fingerprint density at radius 1 is 1.18 bits per heavy atom. The topological polar surface area (TPSA) is 54.5 Å². The molecule has 28 heavy (non-hydrogen) atoms. The highest BCUT2D eigenvalue weighted by atomic mass is 32.1. The third kappa shape index (κ3) is 4.30. The predicted molar refractivity (Wildman–Crippen MR) is 111 cm³/mol. The van der Waals surface area contributed by atoms with Crippen molar-refractivity contribution >= 4 is 22.4 Å². The summed E-state index contributed by atoms with van der Waals surface area (Å²) in [6, 6.07) is 18.0. The number of methoxy groups -OCH3 is 1. The molecule has 6 heteroatoms. The van der Waals surface area contributed by atoms with Crippen LogP contribution in [0.5, 0.6) is 0 Å². The molecule has 2 heterocycles. The zero-order valence-electron chi connectivity index (χ0n) is 15.9. The maximum atomic E-state index is 12.7. The Hall–Kier alpha value is -2.54. The first-order chi connectivity index (χ1) is 13.7. The molecule has 5 nitrogen and oxygen atoms in total. The van der Waals surface area contributed by atoms with Crippen molar-refractivity contribution in [2.75, 3.05) is 19.0 Å². The highest BCUT2D eigenvalue weighted by Gasteiger charge is 2.22. The molecular formula is C22H23N3O2S. The van der Waals surface area contributed by atoms with E-state index in [1.165, 1.54) is 10.4 Å². The van der Waals surface area contributed by atoms with Crippen molar-refractivity contribution in [3.05, 3.63) is 81.9 Å². The van der Waals surface area contributed by atoms with E-state index in [1.54, 1.807) is 18.4 Å². The zero-order chi connectivity index (χ0) is 19.3. The van der Waals surface area contributed by atoms with E-state index >= 15 is 0 Å². The van der Waals surface area contributed by atoms with Crippen LogP contribution >= 0.6 is 11.3 Å². The van der Waals surface area contributed by atoms with Crippen LogP contribution in [0.25, 0.3) is 0 Å². The van der Waals surface area contributed by atoms with E-state index in [0.717, 1.165) is 37.3 Å². The number of rotatable bonds is 6. The summed E-state index contributed by atoms with van der Waals surface area (Å²) in [5, 5.41) is 3.64. The van der Waals surface area contributed by atoms with Crippen LogP contribution in [0.3, 0.4) is 0 Å². The number of thiazole rings is 1. The number of hydrogen-bond acceptors (Lipinski definition) is 5. The van der Waals surface area contributed by atoms with Gasteiger partial charge in [-0.25, -0.2) is 4.98 Å². The van der Waals surface area contributed by atoms with Crippen molar-refractivity contribution in [2.24, 2.45) is 0 Å². The average molecular weight is 394 g/mol. The van der Waals surface area contributed by atoms with Crippen molar-refractivity contribution in [3.8, 4) is 0 Å². The summed E-state index contributed by atoms with van der Waals surface area (Å²) in [5.41, 5.74) is 3.93. The van der Waals surface area contributed by atoms with Crippen LogP contribution in [0.4, 0.5) is 5.13 Å². The van der Waals surface area contributed by atoms with Crippen LogP contribution in [-0.2, 0) is 30.9 Å². The fraction of sp³-hybridized carbons (Fsp3) is 0.273. The van der Waals surface area contributed by atoms with Gasteiger partial charge in [-0.3, -0.25) is 15.0 Å². The number of nitrogens with zero attached hydrogens (tertiary/aromatic N) is 2. The fourth-order valence-corrected chi connectivity index (χ4v) is 4.51. The minimum Gasteiger partial charge on any atom is -0.380 e. The molecule has 0 saturated heterocycles. The molecular weight excluding hydrogens is 370 g/mol. The van der Waals surface area contributed by atoms with E-state index in [9.17, 15) is 4.79 Å². The molecule has 0 unspecified atom stereocenters. The van der Waals surface area contributed by atoms with Crippen LogP contribution in [-0.4, -0.2) is 29.4 Å². The van der Waals surface area contributed by atoms with Crippen LogP contribution < -0.4 is 5.32 Å². The van der Waals surface area contributed by atoms with E-state index in [2.05, 4.69) is 39.5 Å². The average Bonchev–Trinajstić information content (AvgIpc) is 3.11. The van der Waals surface area contributed by atoms with Gasteiger partial charge in [0.05, 0.1) is 12.3 Å². The van der Waals surface area contributed by atoms with Gasteiger partial charge < -0.3 is 4.74 Å². The van der Waals surface area contributed by atoms with Crippen molar-refractivity contribution < 1.29 is 9.53 Å². The summed E-state index contributed by atoms with van der Waals surface area (Å²) in [4.78, 5) is 21.0. The summed E-state index contributed by atoms with van der Waals surface area (Å²) >= 11 is 1.58. The Morgan fingerprint density at radius 3 is 2.79 bits per heavy atom. The quantitative estimate of drug-likeness (QED) is 0.685. The normalized spacial score (nSPS) is 13.9. The molecule has 1 aliphatic rings. The lowest BCUT2D eigenvalue weighted by Crippen LogP contribution is -2.29. The number of hydrogen-bond donors (Lipinski definition) is 1. The molecule has 1 aromatic heterocycles. The molecule has 0 bridgehead atoms. The molecule has 0 fully saturated rings. The summed E-state index contributed by atoms with van der Waals surface area (Å²) < 4.78 is 5.20. The van der Waals surface area contributed by atoms with Gasteiger partial charge in [-0.05, 0) is 17.2 Å². The lowest BCUT2D eigenvalue weighted by Gasteiger charge is -2.25. The van der Waals surface area contributed by atoms with Crippen molar-refractivity contribution in [3.63, 3.8) is 0 Å². The van der Waals surface area contributed by atoms with E-state index in [4.69, 9.17) is 4.74 Å². The van der Waals surface area contributed by atoms with E-state index < -0.39 is 0 Å². The van der Waals surface area contributed by atoms with Gasteiger partial charge in [-0.2, -0.15) is 0 Å². The van der Waals surface area contributed by atoms with Crippen molar-refractivity contribution in [1.29, 1.82) is 0 Å². The van der Waals surface area contributed by atoms with Crippen molar-refractivity contribution in [2.45, 2.75) is 26.1 Å². The molecule has 0 aliphatic carbocycles. The third-order valence-electron chi connectivity index (χ3n) is 4.84. The second-order valence-electron chi connectivity index (χ2n) is 6.88. The van der Waals surface area contributed by atoms with Gasteiger partial charge in [-0.15, -0.1) is 11.3 Å². The van der Waals surface area contributed by atoms with Crippen molar-refractivity contribution in [1.82, 2.24) is 9.88 Å². The van der Waals surface area contributed by atoms with Crippen LogP contribution in [0.1, 0.15) is 32.1 Å². The number of anilines is 1. The second kappa shape index (κ2) is 8.65. The van der Waals surface area contributed by atoms with Gasteiger partial charge in [0.2, 0.25) is 0 Å². The van der Waals surface area contributed by atoms with Gasteiger partial charge >= 0.3 is 0 Å². The van der Waals surface area contributed by atoms with Gasteiger partial charge in [0.25, 0.3) is 5.91 Å². The van der Waals surface area contributed by atoms with Crippen LogP contribution in [0.15, 0.2) is 54.6 Å². The molecule has 3 aromatic rings. The SMILES string of the molecule is COCc1ccccc1C(=O)Nc1nc2c(s1)CN(Cc1ccccc1)CC2. The summed E-state index contributed by atoms with van der Waals surface area (Å²) in [6.45, 7) is 3.20. The number of carbonyl (C=O) groups excluding carboxylic acids is 1. The number of ether oxygens (including phenoxy) is 1. The Labute approximate surface area is 169 Å². The largest absolute Gasteiger partial charge is 0.380 e. The molecule has 0 atom stereocenters. The maximum Gasteiger partial charge on any atom is 0.257 e. The maximum absolute atomic E-state index is 12.7. The molecule has 1 amide bonds. The van der Waals surface area contributed by atoms with Crippen LogP contribution in [0, 0.1) is 0 Å². The number of benzene rings is 2. The Bertz CT molecular complexity index is 955. The minimum atomic E-state index is -0.139. The summed E-state index contributed by atoms with van der Waals surface area (Å²) in [7, 11) is 1.63. The Balaban J connectivity index is 1.44. The van der Waals surface area contributed by atoms with Gasteiger partial charge in [0.15, 0.2) is 5.13 Å². The van der Waals surface area contributed by atoms with E-state index in [0.29, 0.717) is 17.3 Å². The minimum absolute atomic E-state index is 0.139. The van der Waals surface area contributed by atoms with E-state index in [1.807, 2.05) is 30.3 Å². The lowest BCUT2D eigenvalue weighted by atomic mass is 10.1. The highest BCUT2D eigenvalue weighted by molar-refractivity contribution is 7.15. The number of carbonyl (C=O) groups is 1. The number of fused-ring (bicyclic) bond motifs is 1. The fourth-order valence-electron chi connectivity index (χ4n) is 3.47. The van der Waals surface area contributed by atoms with Gasteiger partial charge in [0.1, 0.15) is 0 Å². The second-order valence-corrected chi connectivity index (χ2v) is 7.96. The monoisotopic (exact) mass is 393 g/mol. The number of nitrogens with one attached hydrogen (secondary N) is 1. The first-order valence-corrected chi connectivity index (χ1v) is 10.2. The van der Waals surface area contributed by atoms with E-state index in [-0.39, 0.29) is 5.91 Å². The molecule has 144 valence electrons. The summed E-state index contributed by atoms with van der Waals surface area (Å²) in [6.07, 6.45) is 0.912. The molecule has 1 N–H and O–H groups in total. The third-order valence-corrected chi connectivity index (χ3v) is 5.84. The van der Waals surface area contributed by atoms with Crippen LogP contribution in [0.2, 0.25) is 0 Å². The predicted octanol–water partition coefficient (Wildman–Crippen LogP) is 4.10. The number of amides is 1. The molecule has 0 radical (unpaired) electrons. The highest BCUT2D eigenvalue weighted by Crippen LogP contribution is 2.29. The molecule has 0 saturated carbocycles. The molecule has 4 rings (SSSR count). The zero-order valence-corrected chi connectivity index (χ0v) is 16.7. The summed E-state index contributed by atoms with van der Waals surface area (Å²) in [5.74, 6) is -0.139.